The highest BCUT2D eigenvalue weighted by molar-refractivity contribution is 5.64. The second kappa shape index (κ2) is 4.74. The highest BCUT2D eigenvalue weighted by Crippen LogP contribution is 2.27. The van der Waals surface area contributed by atoms with E-state index in [4.69, 9.17) is 10.5 Å². The predicted octanol–water partition coefficient (Wildman–Crippen LogP) is 2.19. The standard InChI is InChI=1S/C13H20N2O/c1-10-12(14)4-3-5-13(10)15-8-6-11(16-2)7-9-15/h3-5,11H,6-9,14H2,1-2H3. The van der Waals surface area contributed by atoms with Crippen molar-refractivity contribution in [2.75, 3.05) is 30.8 Å². The molecule has 0 aromatic heterocycles. The molecule has 0 saturated carbocycles. The Balaban J connectivity index is 2.11. The van der Waals surface area contributed by atoms with Crippen LogP contribution in [-0.4, -0.2) is 26.3 Å². The number of piperidine rings is 1. The molecule has 1 aliphatic rings. The Morgan fingerprint density at radius 3 is 2.62 bits per heavy atom. The molecular weight excluding hydrogens is 200 g/mol. The van der Waals surface area contributed by atoms with Crippen molar-refractivity contribution in [1.29, 1.82) is 0 Å². The second-order valence-corrected chi connectivity index (χ2v) is 4.41. The van der Waals surface area contributed by atoms with Gasteiger partial charge in [-0.3, -0.25) is 0 Å². The Morgan fingerprint density at radius 1 is 1.31 bits per heavy atom. The van der Waals surface area contributed by atoms with Crippen LogP contribution < -0.4 is 10.6 Å². The zero-order valence-corrected chi connectivity index (χ0v) is 10.1. The van der Waals surface area contributed by atoms with Crippen molar-refractivity contribution in [3.8, 4) is 0 Å². The molecule has 3 heteroatoms. The van der Waals surface area contributed by atoms with Crippen molar-refractivity contribution >= 4 is 11.4 Å². The largest absolute Gasteiger partial charge is 0.398 e. The number of nitrogens with two attached hydrogens (primary N) is 1. The molecule has 1 aromatic carbocycles. The monoisotopic (exact) mass is 220 g/mol. The van der Waals surface area contributed by atoms with Crippen LogP contribution in [0.5, 0.6) is 0 Å². The first-order chi connectivity index (χ1) is 7.72. The van der Waals surface area contributed by atoms with Crippen LogP contribution in [0.1, 0.15) is 18.4 Å². The third-order valence-corrected chi connectivity index (χ3v) is 3.46. The van der Waals surface area contributed by atoms with Crippen molar-refractivity contribution in [3.63, 3.8) is 0 Å². The fourth-order valence-electron chi connectivity index (χ4n) is 2.32. The SMILES string of the molecule is COC1CCN(c2cccc(N)c2C)CC1. The van der Waals surface area contributed by atoms with Crippen molar-refractivity contribution < 1.29 is 4.74 Å². The molecule has 1 aliphatic heterocycles. The summed E-state index contributed by atoms with van der Waals surface area (Å²) in [4.78, 5) is 2.40. The molecular formula is C13H20N2O. The van der Waals surface area contributed by atoms with E-state index in [1.54, 1.807) is 7.11 Å². The Bertz CT molecular complexity index is 357. The van der Waals surface area contributed by atoms with Crippen LogP contribution in [0.25, 0.3) is 0 Å². The van der Waals surface area contributed by atoms with Crippen LogP contribution in [0.3, 0.4) is 0 Å². The van der Waals surface area contributed by atoms with Gasteiger partial charge in [-0.05, 0) is 37.5 Å². The first-order valence-electron chi connectivity index (χ1n) is 5.85. The average Bonchev–Trinajstić information content (AvgIpc) is 2.33. The summed E-state index contributed by atoms with van der Waals surface area (Å²) in [6.07, 6.45) is 2.63. The van der Waals surface area contributed by atoms with Gasteiger partial charge in [-0.2, -0.15) is 0 Å². The third-order valence-electron chi connectivity index (χ3n) is 3.46. The summed E-state index contributed by atoms with van der Waals surface area (Å²) in [7, 11) is 1.80. The van der Waals surface area contributed by atoms with E-state index in [1.807, 2.05) is 12.1 Å². The van der Waals surface area contributed by atoms with Crippen molar-refractivity contribution in [2.24, 2.45) is 0 Å². The van der Waals surface area contributed by atoms with Crippen LogP contribution in [0.4, 0.5) is 11.4 Å². The normalized spacial score (nSPS) is 17.8. The molecule has 0 spiro atoms. The summed E-state index contributed by atoms with van der Waals surface area (Å²) in [5, 5.41) is 0. The lowest BCUT2D eigenvalue weighted by Gasteiger charge is -2.34. The van der Waals surface area contributed by atoms with Gasteiger partial charge in [-0.1, -0.05) is 6.07 Å². The van der Waals surface area contributed by atoms with Crippen LogP contribution in [0, 0.1) is 6.92 Å². The molecule has 88 valence electrons. The average molecular weight is 220 g/mol. The zero-order valence-electron chi connectivity index (χ0n) is 10.1. The molecule has 2 rings (SSSR count). The quantitative estimate of drug-likeness (QED) is 0.776. The predicted molar refractivity (Wildman–Crippen MR) is 67.8 cm³/mol. The maximum Gasteiger partial charge on any atom is 0.0605 e. The number of hydrogen-bond acceptors (Lipinski definition) is 3. The van der Waals surface area contributed by atoms with Crippen molar-refractivity contribution in [3.05, 3.63) is 23.8 Å². The Hall–Kier alpha value is -1.22. The summed E-state index contributed by atoms with van der Waals surface area (Å²) in [5.41, 5.74) is 9.28. The molecule has 1 fully saturated rings. The van der Waals surface area contributed by atoms with Gasteiger partial charge in [0.25, 0.3) is 0 Å². The molecule has 1 heterocycles. The molecule has 0 bridgehead atoms. The molecule has 1 aromatic rings. The van der Waals surface area contributed by atoms with Crippen LogP contribution in [-0.2, 0) is 4.74 Å². The summed E-state index contributed by atoms with van der Waals surface area (Å²) < 4.78 is 5.38. The molecule has 2 N–H and O–H groups in total. The third kappa shape index (κ3) is 2.14. The maximum atomic E-state index is 5.93. The molecule has 0 amide bonds. The number of methoxy groups -OCH3 is 1. The van der Waals surface area contributed by atoms with Crippen LogP contribution >= 0.6 is 0 Å². The Labute approximate surface area is 97.2 Å². The summed E-state index contributed by atoms with van der Waals surface area (Å²) in [6, 6.07) is 6.14. The summed E-state index contributed by atoms with van der Waals surface area (Å²) in [5.74, 6) is 0. The van der Waals surface area contributed by atoms with Gasteiger partial charge in [-0.15, -0.1) is 0 Å². The van der Waals surface area contributed by atoms with Crippen molar-refractivity contribution in [1.82, 2.24) is 0 Å². The lowest BCUT2D eigenvalue weighted by atomic mass is 10.0. The van der Waals surface area contributed by atoms with Gasteiger partial charge in [0.15, 0.2) is 0 Å². The molecule has 3 nitrogen and oxygen atoms in total. The van der Waals surface area contributed by atoms with E-state index in [0.717, 1.165) is 31.6 Å². The van der Waals surface area contributed by atoms with Gasteiger partial charge in [-0.25, -0.2) is 0 Å². The number of hydrogen-bond donors (Lipinski definition) is 1. The van der Waals surface area contributed by atoms with Gasteiger partial charge in [0, 0.05) is 31.6 Å². The first kappa shape index (κ1) is 11.3. The molecule has 0 atom stereocenters. The minimum atomic E-state index is 0.428. The van der Waals surface area contributed by atoms with E-state index < -0.39 is 0 Å². The number of benzene rings is 1. The number of rotatable bonds is 2. The van der Waals surface area contributed by atoms with Crippen LogP contribution in [0.2, 0.25) is 0 Å². The van der Waals surface area contributed by atoms with E-state index in [0.29, 0.717) is 6.10 Å². The highest BCUT2D eigenvalue weighted by Gasteiger charge is 2.20. The maximum absolute atomic E-state index is 5.93. The lowest BCUT2D eigenvalue weighted by molar-refractivity contribution is 0.0819. The van der Waals surface area contributed by atoms with E-state index in [9.17, 15) is 0 Å². The van der Waals surface area contributed by atoms with Gasteiger partial charge in [0.1, 0.15) is 0 Å². The molecule has 0 unspecified atom stereocenters. The fourth-order valence-corrected chi connectivity index (χ4v) is 2.32. The van der Waals surface area contributed by atoms with Crippen molar-refractivity contribution in [2.45, 2.75) is 25.9 Å². The minimum Gasteiger partial charge on any atom is -0.398 e. The van der Waals surface area contributed by atoms with Gasteiger partial charge in [0.05, 0.1) is 6.10 Å². The summed E-state index contributed by atoms with van der Waals surface area (Å²) in [6.45, 7) is 4.21. The number of ether oxygens (including phenoxy) is 1. The second-order valence-electron chi connectivity index (χ2n) is 4.41. The van der Waals surface area contributed by atoms with Gasteiger partial charge in [0.2, 0.25) is 0 Å². The lowest BCUT2D eigenvalue weighted by Crippen LogP contribution is -2.37. The molecule has 0 radical (unpaired) electrons. The highest BCUT2D eigenvalue weighted by atomic mass is 16.5. The fraction of sp³-hybridized carbons (Fsp3) is 0.538. The van der Waals surface area contributed by atoms with Crippen LogP contribution in [0.15, 0.2) is 18.2 Å². The van der Waals surface area contributed by atoms with E-state index in [2.05, 4.69) is 17.9 Å². The van der Waals surface area contributed by atoms with Gasteiger partial charge < -0.3 is 15.4 Å². The first-order valence-corrected chi connectivity index (χ1v) is 5.85. The van der Waals surface area contributed by atoms with E-state index >= 15 is 0 Å². The topological polar surface area (TPSA) is 38.5 Å². The number of nitrogens with zero attached hydrogens (tertiary/aromatic N) is 1. The van der Waals surface area contributed by atoms with E-state index in [1.165, 1.54) is 11.3 Å². The number of anilines is 2. The molecule has 0 aliphatic carbocycles. The minimum absolute atomic E-state index is 0.428. The zero-order chi connectivity index (χ0) is 11.5. The molecule has 16 heavy (non-hydrogen) atoms. The smallest absolute Gasteiger partial charge is 0.0605 e. The molecule has 1 saturated heterocycles. The number of nitrogen functional groups attached to an aromatic ring is 1. The Kier molecular flexibility index (Phi) is 3.34. The van der Waals surface area contributed by atoms with Gasteiger partial charge >= 0.3 is 0 Å². The summed E-state index contributed by atoms with van der Waals surface area (Å²) >= 11 is 0. The van der Waals surface area contributed by atoms with E-state index in [-0.39, 0.29) is 0 Å². The Morgan fingerprint density at radius 2 is 2.00 bits per heavy atom.